The van der Waals surface area contributed by atoms with E-state index >= 15 is 0 Å². The van der Waals surface area contributed by atoms with Crippen molar-refractivity contribution in [2.24, 2.45) is 17.6 Å². The predicted octanol–water partition coefficient (Wildman–Crippen LogP) is 3.11. The fraction of sp³-hybridized carbons (Fsp3) is 0.533. The number of rotatable bonds is 5. The van der Waals surface area contributed by atoms with Crippen molar-refractivity contribution in [3.8, 4) is 0 Å². The van der Waals surface area contributed by atoms with Gasteiger partial charge in [0, 0.05) is 18.0 Å². The molecule has 0 aliphatic heterocycles. The molecular weight excluding hydrogens is 210 g/mol. The number of carbonyl (C=O) groups excluding carboxylic acids is 1. The third-order valence-electron chi connectivity index (χ3n) is 3.28. The molecule has 1 aromatic rings. The number of aryl methyl sites for hydroxylation is 1. The summed E-state index contributed by atoms with van der Waals surface area (Å²) in [6.45, 7) is 8.72. The van der Waals surface area contributed by atoms with Crippen molar-refractivity contribution in [2.45, 2.75) is 34.1 Å². The number of benzene rings is 1. The lowest BCUT2D eigenvalue weighted by Crippen LogP contribution is -2.26. The summed E-state index contributed by atoms with van der Waals surface area (Å²) in [6, 6.07) is 5.89. The molecule has 1 atom stereocenters. The van der Waals surface area contributed by atoms with Crippen molar-refractivity contribution >= 4 is 5.78 Å². The minimum atomic E-state index is -0.0458. The fourth-order valence-electron chi connectivity index (χ4n) is 2.12. The molecule has 0 heterocycles. The quantitative estimate of drug-likeness (QED) is 0.794. The van der Waals surface area contributed by atoms with Crippen molar-refractivity contribution in [3.63, 3.8) is 0 Å². The molecule has 17 heavy (non-hydrogen) atoms. The van der Waals surface area contributed by atoms with Crippen LogP contribution in [-0.2, 0) is 0 Å². The number of Topliss-reactive ketones (excluding diaryl/α,β-unsaturated/α-hetero) is 1. The summed E-state index contributed by atoms with van der Waals surface area (Å²) in [5.74, 6) is 0.649. The van der Waals surface area contributed by atoms with Gasteiger partial charge in [0.2, 0.25) is 0 Å². The van der Waals surface area contributed by atoms with Gasteiger partial charge in [-0.15, -0.1) is 0 Å². The van der Waals surface area contributed by atoms with Crippen LogP contribution in [0.4, 0.5) is 0 Å². The Morgan fingerprint density at radius 2 is 1.94 bits per heavy atom. The van der Waals surface area contributed by atoms with Gasteiger partial charge >= 0.3 is 0 Å². The zero-order chi connectivity index (χ0) is 13.0. The Balaban J connectivity index is 2.98. The third kappa shape index (κ3) is 3.40. The largest absolute Gasteiger partial charge is 0.330 e. The van der Waals surface area contributed by atoms with Crippen molar-refractivity contribution in [1.82, 2.24) is 0 Å². The Labute approximate surface area is 104 Å². The first-order valence-electron chi connectivity index (χ1n) is 6.27. The minimum Gasteiger partial charge on any atom is -0.330 e. The number of hydrogen-bond acceptors (Lipinski definition) is 2. The maximum Gasteiger partial charge on any atom is 0.167 e. The van der Waals surface area contributed by atoms with Gasteiger partial charge in [0.15, 0.2) is 5.78 Å². The second kappa shape index (κ2) is 5.97. The van der Waals surface area contributed by atoms with Crippen LogP contribution in [0.2, 0.25) is 0 Å². The monoisotopic (exact) mass is 233 g/mol. The molecule has 0 radical (unpaired) electrons. The summed E-state index contributed by atoms with van der Waals surface area (Å²) >= 11 is 0. The highest BCUT2D eigenvalue weighted by molar-refractivity contribution is 5.99. The van der Waals surface area contributed by atoms with E-state index in [0.717, 1.165) is 23.1 Å². The number of ketones is 1. The lowest BCUT2D eigenvalue weighted by molar-refractivity contribution is 0.0908. The number of hydrogen-bond donors (Lipinski definition) is 1. The van der Waals surface area contributed by atoms with E-state index in [1.165, 1.54) is 0 Å². The van der Waals surface area contributed by atoms with Gasteiger partial charge in [-0.1, -0.05) is 32.0 Å². The van der Waals surface area contributed by atoms with E-state index in [1.54, 1.807) is 0 Å². The van der Waals surface area contributed by atoms with Gasteiger partial charge in [-0.25, -0.2) is 0 Å². The molecule has 1 unspecified atom stereocenters. The Morgan fingerprint density at radius 3 is 2.47 bits per heavy atom. The Bertz CT molecular complexity index is 396. The molecular formula is C15H23NO. The lowest BCUT2D eigenvalue weighted by Gasteiger charge is -2.17. The van der Waals surface area contributed by atoms with E-state index in [-0.39, 0.29) is 11.7 Å². The third-order valence-corrected chi connectivity index (χ3v) is 3.28. The van der Waals surface area contributed by atoms with E-state index in [4.69, 9.17) is 5.73 Å². The summed E-state index contributed by atoms with van der Waals surface area (Å²) in [5.41, 5.74) is 8.81. The van der Waals surface area contributed by atoms with E-state index in [0.29, 0.717) is 12.5 Å². The summed E-state index contributed by atoms with van der Waals surface area (Å²) in [6.07, 6.45) is 0.864. The highest BCUT2D eigenvalue weighted by atomic mass is 16.1. The average Bonchev–Trinajstić information content (AvgIpc) is 2.28. The molecule has 0 aliphatic carbocycles. The topological polar surface area (TPSA) is 43.1 Å². The molecule has 0 aliphatic rings. The lowest BCUT2D eigenvalue weighted by atomic mass is 9.87. The molecule has 0 saturated carbocycles. The van der Waals surface area contributed by atoms with Crippen LogP contribution in [0.3, 0.4) is 0 Å². The Morgan fingerprint density at radius 1 is 1.29 bits per heavy atom. The molecule has 2 heteroatoms. The Kier molecular flexibility index (Phi) is 4.88. The molecule has 0 saturated heterocycles. The van der Waals surface area contributed by atoms with Crippen LogP contribution >= 0.6 is 0 Å². The van der Waals surface area contributed by atoms with Crippen LogP contribution in [-0.4, -0.2) is 12.3 Å². The number of carbonyl (C=O) groups is 1. The van der Waals surface area contributed by atoms with Gasteiger partial charge in [-0.2, -0.15) is 0 Å². The first-order valence-corrected chi connectivity index (χ1v) is 6.27. The van der Waals surface area contributed by atoms with E-state index < -0.39 is 0 Å². The van der Waals surface area contributed by atoms with Crippen LogP contribution in [0.5, 0.6) is 0 Å². The molecule has 0 aromatic heterocycles. The highest BCUT2D eigenvalue weighted by Crippen LogP contribution is 2.20. The van der Waals surface area contributed by atoms with Crippen molar-refractivity contribution in [1.29, 1.82) is 0 Å². The van der Waals surface area contributed by atoms with E-state index in [9.17, 15) is 4.79 Å². The SMILES string of the molecule is Cc1cccc(C(=O)C(CN)CC(C)C)c1C. The fourth-order valence-corrected chi connectivity index (χ4v) is 2.12. The van der Waals surface area contributed by atoms with Crippen LogP contribution < -0.4 is 5.73 Å². The summed E-state index contributed by atoms with van der Waals surface area (Å²) in [7, 11) is 0. The first kappa shape index (κ1) is 13.9. The van der Waals surface area contributed by atoms with Gasteiger partial charge in [0.1, 0.15) is 0 Å². The Hall–Kier alpha value is -1.15. The standard InChI is InChI=1S/C15H23NO/c1-10(2)8-13(9-16)15(17)14-7-5-6-11(3)12(14)4/h5-7,10,13H,8-9,16H2,1-4H3. The molecule has 0 spiro atoms. The zero-order valence-corrected chi connectivity index (χ0v) is 11.3. The second-order valence-corrected chi connectivity index (χ2v) is 5.17. The van der Waals surface area contributed by atoms with E-state index in [2.05, 4.69) is 13.8 Å². The van der Waals surface area contributed by atoms with Crippen LogP contribution in [0.15, 0.2) is 18.2 Å². The molecule has 0 fully saturated rings. The first-order chi connectivity index (χ1) is 7.97. The van der Waals surface area contributed by atoms with Crippen LogP contribution in [0.1, 0.15) is 41.8 Å². The summed E-state index contributed by atoms with van der Waals surface area (Å²) in [4.78, 5) is 12.4. The number of nitrogens with two attached hydrogens (primary N) is 1. The van der Waals surface area contributed by atoms with Gasteiger partial charge in [-0.3, -0.25) is 4.79 Å². The average molecular weight is 233 g/mol. The van der Waals surface area contributed by atoms with Gasteiger partial charge in [0.05, 0.1) is 0 Å². The van der Waals surface area contributed by atoms with E-state index in [1.807, 2.05) is 32.0 Å². The molecule has 0 bridgehead atoms. The molecule has 2 N–H and O–H groups in total. The summed E-state index contributed by atoms with van der Waals surface area (Å²) < 4.78 is 0. The van der Waals surface area contributed by atoms with Crippen molar-refractivity contribution in [3.05, 3.63) is 34.9 Å². The van der Waals surface area contributed by atoms with Gasteiger partial charge in [-0.05, 0) is 37.3 Å². The summed E-state index contributed by atoms with van der Waals surface area (Å²) in [5, 5.41) is 0. The molecule has 2 nitrogen and oxygen atoms in total. The molecule has 1 aromatic carbocycles. The maximum absolute atomic E-state index is 12.4. The van der Waals surface area contributed by atoms with Gasteiger partial charge in [0.25, 0.3) is 0 Å². The zero-order valence-electron chi connectivity index (χ0n) is 11.3. The molecule has 94 valence electrons. The maximum atomic E-state index is 12.4. The smallest absolute Gasteiger partial charge is 0.167 e. The van der Waals surface area contributed by atoms with Gasteiger partial charge < -0.3 is 5.73 Å². The molecule has 0 amide bonds. The van der Waals surface area contributed by atoms with Crippen molar-refractivity contribution < 1.29 is 4.79 Å². The normalized spacial score (nSPS) is 12.8. The van der Waals surface area contributed by atoms with Crippen LogP contribution in [0, 0.1) is 25.7 Å². The van der Waals surface area contributed by atoms with Crippen molar-refractivity contribution in [2.75, 3.05) is 6.54 Å². The van der Waals surface area contributed by atoms with Crippen LogP contribution in [0.25, 0.3) is 0 Å². The minimum absolute atomic E-state index is 0.0458. The predicted molar refractivity (Wildman–Crippen MR) is 72.2 cm³/mol. The highest BCUT2D eigenvalue weighted by Gasteiger charge is 2.21. The molecule has 1 rings (SSSR count). The second-order valence-electron chi connectivity index (χ2n) is 5.17.